The fourth-order valence-electron chi connectivity index (χ4n) is 2.36. The number of hydrogen-bond acceptors (Lipinski definition) is 2. The molecule has 1 saturated heterocycles. The van der Waals surface area contributed by atoms with Crippen molar-refractivity contribution in [2.24, 2.45) is 0 Å². The zero-order valence-electron chi connectivity index (χ0n) is 11.6. The topological polar surface area (TPSA) is 49.4 Å². The number of nitrogens with one attached hydrogen (secondary N) is 1. The van der Waals surface area contributed by atoms with E-state index in [4.69, 9.17) is 0 Å². The third-order valence-electron chi connectivity index (χ3n) is 3.47. The molecular formula is C15H19IN2O2. The second-order valence-corrected chi connectivity index (χ2v) is 6.34. The molecule has 108 valence electrons. The predicted molar refractivity (Wildman–Crippen MR) is 86.5 cm³/mol. The van der Waals surface area contributed by atoms with Gasteiger partial charge in [-0.3, -0.25) is 9.59 Å². The van der Waals surface area contributed by atoms with Gasteiger partial charge in [0.1, 0.15) is 6.04 Å². The van der Waals surface area contributed by atoms with Gasteiger partial charge in [0.25, 0.3) is 5.91 Å². The van der Waals surface area contributed by atoms with Crippen LogP contribution in [0, 0.1) is 3.57 Å². The molecule has 5 heteroatoms. The molecule has 0 aromatic heterocycles. The Morgan fingerprint density at radius 3 is 2.60 bits per heavy atom. The van der Waals surface area contributed by atoms with Gasteiger partial charge in [0.2, 0.25) is 5.91 Å². The highest BCUT2D eigenvalue weighted by atomic mass is 127. The molecule has 1 unspecified atom stereocenters. The van der Waals surface area contributed by atoms with Crippen molar-refractivity contribution in [3.63, 3.8) is 0 Å². The standard InChI is InChI=1S/C15H19IN2O2/c1-11(15(20)18-8-3-2-4-9-18)17-14(19)12-6-5-7-13(16)10-12/h5-7,10-11H,2-4,8-9H2,1H3,(H,17,19). The first kappa shape index (κ1) is 15.3. The summed E-state index contributed by atoms with van der Waals surface area (Å²) in [7, 11) is 0. The smallest absolute Gasteiger partial charge is 0.251 e. The largest absolute Gasteiger partial charge is 0.341 e. The highest BCUT2D eigenvalue weighted by Gasteiger charge is 2.23. The lowest BCUT2D eigenvalue weighted by molar-refractivity contribution is -0.133. The van der Waals surface area contributed by atoms with Crippen molar-refractivity contribution >= 4 is 34.4 Å². The van der Waals surface area contributed by atoms with E-state index in [1.807, 2.05) is 23.1 Å². The molecule has 0 radical (unpaired) electrons. The maximum atomic E-state index is 12.2. The molecule has 0 saturated carbocycles. The molecule has 4 nitrogen and oxygen atoms in total. The van der Waals surface area contributed by atoms with E-state index in [1.165, 1.54) is 6.42 Å². The van der Waals surface area contributed by atoms with Gasteiger partial charge >= 0.3 is 0 Å². The molecule has 1 heterocycles. The molecule has 0 bridgehead atoms. The normalized spacial score (nSPS) is 16.6. The molecule has 1 aromatic rings. The number of carbonyl (C=O) groups excluding carboxylic acids is 2. The van der Waals surface area contributed by atoms with E-state index in [2.05, 4.69) is 27.9 Å². The third kappa shape index (κ3) is 3.94. The second-order valence-electron chi connectivity index (χ2n) is 5.09. The van der Waals surface area contributed by atoms with E-state index < -0.39 is 6.04 Å². The van der Waals surface area contributed by atoms with Gasteiger partial charge in [0, 0.05) is 22.2 Å². The maximum Gasteiger partial charge on any atom is 0.251 e. The molecule has 0 aliphatic carbocycles. The number of benzene rings is 1. The monoisotopic (exact) mass is 386 g/mol. The Morgan fingerprint density at radius 2 is 1.95 bits per heavy atom. The highest BCUT2D eigenvalue weighted by molar-refractivity contribution is 14.1. The number of hydrogen-bond donors (Lipinski definition) is 1. The Balaban J connectivity index is 1.94. The number of piperidine rings is 1. The van der Waals surface area contributed by atoms with E-state index in [0.717, 1.165) is 29.5 Å². The first-order valence-electron chi connectivity index (χ1n) is 6.93. The fraction of sp³-hybridized carbons (Fsp3) is 0.467. The Labute approximate surface area is 133 Å². The summed E-state index contributed by atoms with van der Waals surface area (Å²) in [6.07, 6.45) is 3.31. The van der Waals surface area contributed by atoms with Gasteiger partial charge in [-0.05, 0) is 67.0 Å². The van der Waals surface area contributed by atoms with Crippen molar-refractivity contribution in [2.75, 3.05) is 13.1 Å². The van der Waals surface area contributed by atoms with Crippen LogP contribution >= 0.6 is 22.6 Å². The van der Waals surface area contributed by atoms with Crippen molar-refractivity contribution in [1.29, 1.82) is 0 Å². The van der Waals surface area contributed by atoms with Crippen LogP contribution < -0.4 is 5.32 Å². The van der Waals surface area contributed by atoms with Gasteiger partial charge in [-0.2, -0.15) is 0 Å². The summed E-state index contributed by atoms with van der Waals surface area (Å²) in [5.74, 6) is -0.176. The van der Waals surface area contributed by atoms with Gasteiger partial charge in [0.05, 0.1) is 0 Å². The number of nitrogens with zero attached hydrogens (tertiary/aromatic N) is 1. The summed E-state index contributed by atoms with van der Waals surface area (Å²) in [5, 5.41) is 2.79. The van der Waals surface area contributed by atoms with Crippen molar-refractivity contribution < 1.29 is 9.59 Å². The average molecular weight is 386 g/mol. The minimum absolute atomic E-state index is 0.0173. The maximum absolute atomic E-state index is 12.2. The van der Waals surface area contributed by atoms with E-state index in [-0.39, 0.29) is 11.8 Å². The molecule has 1 fully saturated rings. The van der Waals surface area contributed by atoms with E-state index in [1.54, 1.807) is 13.0 Å². The molecule has 1 atom stereocenters. The average Bonchev–Trinajstić information content (AvgIpc) is 2.47. The molecule has 1 aromatic carbocycles. The number of halogens is 1. The number of rotatable bonds is 3. The van der Waals surface area contributed by atoms with Crippen LogP contribution in [0.2, 0.25) is 0 Å². The SMILES string of the molecule is CC(NC(=O)c1cccc(I)c1)C(=O)N1CCCCC1. The Morgan fingerprint density at radius 1 is 1.25 bits per heavy atom. The van der Waals surface area contributed by atoms with Crippen LogP contribution in [0.5, 0.6) is 0 Å². The molecule has 1 aliphatic heterocycles. The molecule has 20 heavy (non-hydrogen) atoms. The van der Waals surface area contributed by atoms with Gasteiger partial charge in [0.15, 0.2) is 0 Å². The van der Waals surface area contributed by atoms with Gasteiger partial charge < -0.3 is 10.2 Å². The minimum atomic E-state index is -0.474. The molecular weight excluding hydrogens is 367 g/mol. The Kier molecular flexibility index (Phi) is 5.39. The van der Waals surface area contributed by atoms with Gasteiger partial charge in [-0.1, -0.05) is 6.07 Å². The quantitative estimate of drug-likeness (QED) is 0.812. The van der Waals surface area contributed by atoms with Crippen molar-refractivity contribution in [3.8, 4) is 0 Å². The zero-order chi connectivity index (χ0) is 14.5. The van der Waals surface area contributed by atoms with Crippen LogP contribution in [0.15, 0.2) is 24.3 Å². The number of carbonyl (C=O) groups is 2. The first-order chi connectivity index (χ1) is 9.58. The lowest BCUT2D eigenvalue weighted by Gasteiger charge is -2.29. The molecule has 2 amide bonds. The number of amides is 2. The van der Waals surface area contributed by atoms with Crippen LogP contribution in [0.4, 0.5) is 0 Å². The van der Waals surface area contributed by atoms with E-state index in [9.17, 15) is 9.59 Å². The van der Waals surface area contributed by atoms with Crippen LogP contribution in [-0.4, -0.2) is 35.8 Å². The second kappa shape index (κ2) is 7.06. The van der Waals surface area contributed by atoms with Crippen LogP contribution in [0.3, 0.4) is 0 Å². The Bertz CT molecular complexity index is 498. The Hall–Kier alpha value is -1.11. The number of likely N-dealkylation sites (tertiary alicyclic amines) is 1. The van der Waals surface area contributed by atoms with E-state index in [0.29, 0.717) is 5.56 Å². The van der Waals surface area contributed by atoms with Crippen LogP contribution in [0.25, 0.3) is 0 Å². The fourth-order valence-corrected chi connectivity index (χ4v) is 2.90. The third-order valence-corrected chi connectivity index (χ3v) is 4.14. The molecule has 1 N–H and O–H groups in total. The van der Waals surface area contributed by atoms with Crippen molar-refractivity contribution in [2.45, 2.75) is 32.2 Å². The molecule has 1 aliphatic rings. The van der Waals surface area contributed by atoms with Crippen LogP contribution in [0.1, 0.15) is 36.5 Å². The highest BCUT2D eigenvalue weighted by Crippen LogP contribution is 2.11. The summed E-state index contributed by atoms with van der Waals surface area (Å²) < 4.78 is 1.00. The predicted octanol–water partition coefficient (Wildman–Crippen LogP) is 2.42. The minimum Gasteiger partial charge on any atom is -0.341 e. The summed E-state index contributed by atoms with van der Waals surface area (Å²) in [4.78, 5) is 26.2. The summed E-state index contributed by atoms with van der Waals surface area (Å²) in [5.41, 5.74) is 0.593. The lowest BCUT2D eigenvalue weighted by Crippen LogP contribution is -2.48. The summed E-state index contributed by atoms with van der Waals surface area (Å²) in [6, 6.07) is 6.87. The van der Waals surface area contributed by atoms with E-state index >= 15 is 0 Å². The summed E-state index contributed by atoms with van der Waals surface area (Å²) in [6.45, 7) is 3.37. The molecule has 2 rings (SSSR count). The van der Waals surface area contributed by atoms with Crippen molar-refractivity contribution in [3.05, 3.63) is 33.4 Å². The molecule has 0 spiro atoms. The van der Waals surface area contributed by atoms with Gasteiger partial charge in [-0.15, -0.1) is 0 Å². The van der Waals surface area contributed by atoms with Crippen molar-refractivity contribution in [1.82, 2.24) is 10.2 Å². The summed E-state index contributed by atoms with van der Waals surface area (Å²) >= 11 is 2.17. The zero-order valence-corrected chi connectivity index (χ0v) is 13.7. The van der Waals surface area contributed by atoms with Gasteiger partial charge in [-0.25, -0.2) is 0 Å². The lowest BCUT2D eigenvalue weighted by atomic mass is 10.1. The first-order valence-corrected chi connectivity index (χ1v) is 8.01. The van der Waals surface area contributed by atoms with Crippen LogP contribution in [-0.2, 0) is 4.79 Å².